The van der Waals surface area contributed by atoms with E-state index in [9.17, 15) is 14.4 Å². The van der Waals surface area contributed by atoms with Gasteiger partial charge in [0.15, 0.2) is 0 Å². The zero-order valence-corrected chi connectivity index (χ0v) is 21.0. The summed E-state index contributed by atoms with van der Waals surface area (Å²) in [6, 6.07) is 18.5. The fourth-order valence-electron chi connectivity index (χ4n) is 3.63. The predicted octanol–water partition coefficient (Wildman–Crippen LogP) is 6.80. The van der Waals surface area contributed by atoms with Crippen LogP contribution in [0.2, 0.25) is 10.0 Å². The topological polar surface area (TPSA) is 78.5 Å². The molecule has 35 heavy (non-hydrogen) atoms. The van der Waals surface area contributed by atoms with E-state index >= 15 is 0 Å². The van der Waals surface area contributed by atoms with Crippen LogP contribution in [0.3, 0.4) is 0 Å². The molecular formula is C26H20Cl3N3O3. The third-order valence-corrected chi connectivity index (χ3v) is 6.53. The van der Waals surface area contributed by atoms with Crippen LogP contribution < -0.4 is 15.5 Å². The molecule has 1 heterocycles. The summed E-state index contributed by atoms with van der Waals surface area (Å²) in [6.45, 7) is 4.12. The van der Waals surface area contributed by atoms with Crippen molar-refractivity contribution in [3.63, 3.8) is 0 Å². The zero-order valence-electron chi connectivity index (χ0n) is 18.7. The largest absolute Gasteiger partial charge is 0.350 e. The molecule has 3 aromatic rings. The number of hydrogen-bond acceptors (Lipinski definition) is 4. The monoisotopic (exact) mass is 527 g/mol. The van der Waals surface area contributed by atoms with Crippen LogP contribution in [-0.2, 0) is 9.59 Å². The number of imide groups is 1. The summed E-state index contributed by atoms with van der Waals surface area (Å²) in [4.78, 5) is 39.3. The molecule has 3 aromatic carbocycles. The zero-order chi connectivity index (χ0) is 25.3. The van der Waals surface area contributed by atoms with Crippen molar-refractivity contribution in [1.82, 2.24) is 0 Å². The summed E-state index contributed by atoms with van der Waals surface area (Å²) in [5.74, 6) is -1.33. The number of carbonyl (C=O) groups is 3. The van der Waals surface area contributed by atoms with Crippen molar-refractivity contribution in [3.8, 4) is 0 Å². The Bertz CT molecular complexity index is 1370. The van der Waals surface area contributed by atoms with E-state index in [1.807, 2.05) is 24.3 Å². The Morgan fingerprint density at radius 3 is 2.20 bits per heavy atom. The van der Waals surface area contributed by atoms with Crippen molar-refractivity contribution in [2.75, 3.05) is 15.5 Å². The third kappa shape index (κ3) is 5.05. The maximum absolute atomic E-state index is 13.0. The molecule has 0 unspecified atom stereocenters. The van der Waals surface area contributed by atoms with E-state index in [1.165, 1.54) is 18.2 Å². The number of benzene rings is 3. The van der Waals surface area contributed by atoms with Crippen LogP contribution in [0, 0.1) is 0 Å². The molecule has 0 radical (unpaired) electrons. The molecular weight excluding hydrogens is 509 g/mol. The fourth-order valence-corrected chi connectivity index (χ4v) is 4.13. The lowest BCUT2D eigenvalue weighted by molar-refractivity contribution is -0.120. The second-order valence-electron chi connectivity index (χ2n) is 8.13. The van der Waals surface area contributed by atoms with E-state index in [4.69, 9.17) is 34.8 Å². The molecule has 0 bridgehead atoms. The van der Waals surface area contributed by atoms with Crippen LogP contribution >= 0.6 is 34.8 Å². The normalized spacial score (nSPS) is 13.6. The molecule has 3 amide bonds. The first-order chi connectivity index (χ1) is 16.7. The summed E-state index contributed by atoms with van der Waals surface area (Å²) in [5.41, 5.74) is 2.87. The third-order valence-electron chi connectivity index (χ3n) is 5.44. The summed E-state index contributed by atoms with van der Waals surface area (Å²) in [7, 11) is 0. The van der Waals surface area contributed by atoms with E-state index in [0.29, 0.717) is 16.3 Å². The van der Waals surface area contributed by atoms with Gasteiger partial charge >= 0.3 is 0 Å². The van der Waals surface area contributed by atoms with Gasteiger partial charge < -0.3 is 10.6 Å². The van der Waals surface area contributed by atoms with Crippen molar-refractivity contribution < 1.29 is 14.4 Å². The Hall–Kier alpha value is -3.32. The van der Waals surface area contributed by atoms with Crippen LogP contribution in [0.5, 0.6) is 0 Å². The average molecular weight is 529 g/mol. The summed E-state index contributed by atoms with van der Waals surface area (Å²) in [5, 5.41) is 6.06. The van der Waals surface area contributed by atoms with Gasteiger partial charge in [0.2, 0.25) is 0 Å². The van der Waals surface area contributed by atoms with Gasteiger partial charge in [0, 0.05) is 16.9 Å². The van der Waals surface area contributed by atoms with Gasteiger partial charge in [0.1, 0.15) is 10.7 Å². The van der Waals surface area contributed by atoms with E-state index in [0.717, 1.165) is 16.2 Å². The van der Waals surface area contributed by atoms with Crippen LogP contribution in [0.25, 0.3) is 0 Å². The smallest absolute Gasteiger partial charge is 0.283 e. The summed E-state index contributed by atoms with van der Waals surface area (Å²) < 4.78 is 0. The van der Waals surface area contributed by atoms with Crippen LogP contribution in [0.4, 0.5) is 17.1 Å². The summed E-state index contributed by atoms with van der Waals surface area (Å²) in [6.07, 6.45) is 0. The minimum absolute atomic E-state index is 0.0780. The second kappa shape index (κ2) is 10.1. The molecule has 0 saturated carbocycles. The molecule has 0 fully saturated rings. The number of nitrogens with zero attached hydrogens (tertiary/aromatic N) is 1. The van der Waals surface area contributed by atoms with Crippen LogP contribution in [-0.4, -0.2) is 17.7 Å². The highest BCUT2D eigenvalue weighted by Crippen LogP contribution is 2.33. The number of anilines is 3. The minimum atomic E-state index is -0.683. The SMILES string of the molecule is CC(C)c1ccccc1NC(=O)c1ccc(NC2=C(Cl)C(=O)N(c3ccc(Cl)c(Cl)c3)C2=O)cc1. The molecule has 0 atom stereocenters. The Morgan fingerprint density at radius 1 is 0.857 bits per heavy atom. The van der Waals surface area contributed by atoms with Gasteiger partial charge in [0.25, 0.3) is 17.7 Å². The fraction of sp³-hybridized carbons (Fsp3) is 0.115. The number of halogens is 3. The Labute approximate surface area is 217 Å². The number of rotatable bonds is 6. The Morgan fingerprint density at radius 2 is 1.54 bits per heavy atom. The van der Waals surface area contributed by atoms with Crippen LogP contribution in [0.15, 0.2) is 77.5 Å². The van der Waals surface area contributed by atoms with Crippen molar-refractivity contribution in [3.05, 3.63) is 98.6 Å². The van der Waals surface area contributed by atoms with Crippen molar-refractivity contribution >= 4 is 69.6 Å². The number of carbonyl (C=O) groups excluding carboxylic acids is 3. The van der Waals surface area contributed by atoms with Gasteiger partial charge in [-0.2, -0.15) is 0 Å². The lowest BCUT2D eigenvalue weighted by Gasteiger charge is -2.16. The number of hydrogen-bond donors (Lipinski definition) is 2. The van der Waals surface area contributed by atoms with E-state index in [2.05, 4.69) is 24.5 Å². The maximum atomic E-state index is 13.0. The molecule has 1 aliphatic heterocycles. The van der Waals surface area contributed by atoms with Gasteiger partial charge in [-0.05, 0) is 60.0 Å². The highest BCUT2D eigenvalue weighted by atomic mass is 35.5. The minimum Gasteiger partial charge on any atom is -0.350 e. The van der Waals surface area contributed by atoms with E-state index in [1.54, 1.807) is 24.3 Å². The molecule has 0 aromatic heterocycles. The van der Waals surface area contributed by atoms with Gasteiger partial charge in [0.05, 0.1) is 15.7 Å². The number of amides is 3. The molecule has 2 N–H and O–H groups in total. The van der Waals surface area contributed by atoms with Gasteiger partial charge in [-0.25, -0.2) is 4.90 Å². The molecule has 6 nitrogen and oxygen atoms in total. The second-order valence-corrected chi connectivity index (χ2v) is 9.32. The molecule has 178 valence electrons. The quantitative estimate of drug-likeness (QED) is 0.345. The highest BCUT2D eigenvalue weighted by molar-refractivity contribution is 6.53. The van der Waals surface area contributed by atoms with Gasteiger partial charge in [-0.1, -0.05) is 66.8 Å². The highest BCUT2D eigenvalue weighted by Gasteiger charge is 2.39. The first kappa shape index (κ1) is 24.8. The van der Waals surface area contributed by atoms with Crippen molar-refractivity contribution in [2.24, 2.45) is 0 Å². The molecule has 9 heteroatoms. The first-order valence-electron chi connectivity index (χ1n) is 10.7. The standard InChI is InChI=1S/C26H20Cl3N3O3/c1-14(2)18-5-3-4-6-21(18)31-24(33)15-7-9-16(10-8-15)30-23-22(29)25(34)32(26(23)35)17-11-12-19(27)20(28)13-17/h3-14,30H,1-2H3,(H,31,33). The predicted molar refractivity (Wildman–Crippen MR) is 140 cm³/mol. The van der Waals surface area contributed by atoms with E-state index in [-0.39, 0.29) is 33.3 Å². The molecule has 0 spiro atoms. The lowest BCUT2D eigenvalue weighted by Crippen LogP contribution is -2.32. The average Bonchev–Trinajstić information content (AvgIpc) is 3.04. The lowest BCUT2D eigenvalue weighted by atomic mass is 10.0. The number of nitrogens with one attached hydrogen (secondary N) is 2. The number of para-hydroxylation sites is 1. The first-order valence-corrected chi connectivity index (χ1v) is 11.8. The van der Waals surface area contributed by atoms with Gasteiger partial charge in [-0.3, -0.25) is 14.4 Å². The molecule has 1 aliphatic rings. The molecule has 0 aliphatic carbocycles. The molecule has 4 rings (SSSR count). The van der Waals surface area contributed by atoms with Crippen molar-refractivity contribution in [2.45, 2.75) is 19.8 Å². The van der Waals surface area contributed by atoms with Crippen molar-refractivity contribution in [1.29, 1.82) is 0 Å². The molecule has 0 saturated heterocycles. The summed E-state index contributed by atoms with van der Waals surface area (Å²) >= 11 is 18.1. The van der Waals surface area contributed by atoms with Gasteiger partial charge in [-0.15, -0.1) is 0 Å². The Kier molecular flexibility index (Phi) is 7.17. The maximum Gasteiger partial charge on any atom is 0.283 e. The van der Waals surface area contributed by atoms with E-state index < -0.39 is 11.8 Å². The Balaban J connectivity index is 1.49. The van der Waals surface area contributed by atoms with Crippen LogP contribution in [0.1, 0.15) is 35.7 Å².